The van der Waals surface area contributed by atoms with Gasteiger partial charge in [-0.15, -0.1) is 11.3 Å². The summed E-state index contributed by atoms with van der Waals surface area (Å²) in [6.45, 7) is 0. The highest BCUT2D eigenvalue weighted by Crippen LogP contribution is 2.28. The van der Waals surface area contributed by atoms with E-state index in [9.17, 15) is 9.59 Å². The highest BCUT2D eigenvalue weighted by Gasteiger charge is 2.15. The van der Waals surface area contributed by atoms with Crippen LogP contribution in [0, 0.1) is 0 Å². The van der Waals surface area contributed by atoms with Crippen molar-refractivity contribution in [3.63, 3.8) is 0 Å². The number of esters is 2. The first-order chi connectivity index (χ1) is 12.1. The van der Waals surface area contributed by atoms with Crippen LogP contribution >= 0.6 is 27.3 Å². The van der Waals surface area contributed by atoms with Gasteiger partial charge in [0.05, 0.1) is 12.0 Å². The van der Waals surface area contributed by atoms with Gasteiger partial charge in [0.15, 0.2) is 11.5 Å². The van der Waals surface area contributed by atoms with Crippen LogP contribution in [-0.4, -0.2) is 11.9 Å². The first-order valence-electron chi connectivity index (χ1n) is 7.41. The monoisotopic (exact) mass is 416 g/mol. The molecule has 0 unspecified atom stereocenters. The molecule has 2 aromatic carbocycles. The Morgan fingerprint density at radius 1 is 0.880 bits per heavy atom. The lowest BCUT2D eigenvalue weighted by Gasteiger charge is -2.10. The maximum Gasteiger partial charge on any atom is 0.343 e. The molecule has 1 heterocycles. The summed E-state index contributed by atoms with van der Waals surface area (Å²) in [4.78, 5) is 25.2. The molecule has 0 spiro atoms. The van der Waals surface area contributed by atoms with Gasteiger partial charge < -0.3 is 9.47 Å². The Hall–Kier alpha value is -2.44. The molecule has 0 aliphatic heterocycles. The summed E-state index contributed by atoms with van der Waals surface area (Å²) in [6, 6.07) is 17.2. The zero-order chi connectivity index (χ0) is 17.6. The summed E-state index contributed by atoms with van der Waals surface area (Å²) >= 11 is 4.80. The van der Waals surface area contributed by atoms with Crippen LogP contribution in [0.25, 0.3) is 0 Å². The summed E-state index contributed by atoms with van der Waals surface area (Å²) in [5.41, 5.74) is 0.405. The Kier molecular flexibility index (Phi) is 5.63. The van der Waals surface area contributed by atoms with E-state index in [0.29, 0.717) is 5.56 Å². The third-order valence-corrected chi connectivity index (χ3v) is 4.66. The number of benzene rings is 2. The smallest absolute Gasteiger partial charge is 0.343 e. The second-order valence-corrected chi connectivity index (χ2v) is 7.02. The van der Waals surface area contributed by atoms with Crippen molar-refractivity contribution in [1.29, 1.82) is 0 Å². The Bertz CT molecular complexity index is 873. The number of carbonyl (C=O) groups is 2. The van der Waals surface area contributed by atoms with Gasteiger partial charge in [-0.25, -0.2) is 4.79 Å². The van der Waals surface area contributed by atoms with Crippen molar-refractivity contribution in [2.45, 2.75) is 6.42 Å². The molecular weight excluding hydrogens is 404 g/mol. The summed E-state index contributed by atoms with van der Waals surface area (Å²) in [5, 5.41) is 1.90. The van der Waals surface area contributed by atoms with E-state index in [1.54, 1.807) is 48.5 Å². The average molecular weight is 417 g/mol. The molecule has 0 aliphatic carbocycles. The largest absolute Gasteiger partial charge is 0.422 e. The van der Waals surface area contributed by atoms with Crippen molar-refractivity contribution < 1.29 is 19.1 Å². The zero-order valence-corrected chi connectivity index (χ0v) is 15.4. The molecule has 0 N–H and O–H groups in total. The van der Waals surface area contributed by atoms with E-state index >= 15 is 0 Å². The summed E-state index contributed by atoms with van der Waals surface area (Å²) in [7, 11) is 0. The normalized spacial score (nSPS) is 10.3. The Morgan fingerprint density at radius 2 is 1.56 bits per heavy atom. The molecular formula is C19H13BrO4S. The van der Waals surface area contributed by atoms with E-state index in [2.05, 4.69) is 15.9 Å². The number of rotatable bonds is 5. The fraction of sp³-hybridized carbons (Fsp3) is 0.0526. The standard InChI is InChI=1S/C19H13BrO4S/c20-14-9-7-13(8-10-14)19(22)24-17-6-2-1-5-16(17)23-18(21)12-15-4-3-11-25-15/h1-11H,12H2. The minimum atomic E-state index is -0.519. The lowest BCUT2D eigenvalue weighted by Crippen LogP contribution is -2.13. The molecule has 0 aliphatic rings. The molecule has 0 fully saturated rings. The van der Waals surface area contributed by atoms with Crippen LogP contribution in [0.5, 0.6) is 11.5 Å². The number of ether oxygens (including phenoxy) is 2. The predicted molar refractivity (Wildman–Crippen MR) is 99.2 cm³/mol. The molecule has 0 radical (unpaired) electrons. The van der Waals surface area contributed by atoms with Gasteiger partial charge in [0.2, 0.25) is 0 Å². The third-order valence-electron chi connectivity index (χ3n) is 3.25. The lowest BCUT2D eigenvalue weighted by molar-refractivity contribution is -0.133. The predicted octanol–water partition coefficient (Wildman–Crippen LogP) is 4.88. The van der Waals surface area contributed by atoms with Crippen LogP contribution in [-0.2, 0) is 11.2 Å². The maximum atomic E-state index is 12.2. The minimum Gasteiger partial charge on any atom is -0.422 e. The van der Waals surface area contributed by atoms with Crippen molar-refractivity contribution >= 4 is 39.2 Å². The van der Waals surface area contributed by atoms with Crippen molar-refractivity contribution in [2.75, 3.05) is 0 Å². The Labute approximate surface area is 157 Å². The van der Waals surface area contributed by atoms with Gasteiger partial charge in [0, 0.05) is 9.35 Å². The van der Waals surface area contributed by atoms with Gasteiger partial charge in [-0.05, 0) is 47.8 Å². The van der Waals surface area contributed by atoms with Crippen molar-refractivity contribution in [3.05, 3.63) is 81.0 Å². The molecule has 6 heteroatoms. The van der Waals surface area contributed by atoms with Crippen molar-refractivity contribution in [3.8, 4) is 11.5 Å². The highest BCUT2D eigenvalue weighted by molar-refractivity contribution is 9.10. The maximum absolute atomic E-state index is 12.2. The summed E-state index contributed by atoms with van der Waals surface area (Å²) in [6.07, 6.45) is 0.173. The van der Waals surface area contributed by atoms with Crippen LogP contribution in [0.1, 0.15) is 15.2 Å². The summed E-state index contributed by atoms with van der Waals surface area (Å²) in [5.74, 6) is -0.506. The topological polar surface area (TPSA) is 52.6 Å². The van der Waals surface area contributed by atoms with Crippen LogP contribution in [0.15, 0.2) is 70.5 Å². The Morgan fingerprint density at radius 3 is 2.20 bits per heavy atom. The molecule has 3 rings (SSSR count). The molecule has 1 aromatic heterocycles. The molecule has 0 amide bonds. The number of halogens is 1. The van der Waals surface area contributed by atoms with Crippen LogP contribution < -0.4 is 9.47 Å². The quantitative estimate of drug-likeness (QED) is 0.439. The van der Waals surface area contributed by atoms with Gasteiger partial charge in [-0.3, -0.25) is 4.79 Å². The number of hydrogen-bond acceptors (Lipinski definition) is 5. The van der Waals surface area contributed by atoms with E-state index in [0.717, 1.165) is 9.35 Å². The summed E-state index contributed by atoms with van der Waals surface area (Å²) < 4.78 is 11.6. The molecule has 0 saturated heterocycles. The molecule has 0 bridgehead atoms. The first-order valence-corrected chi connectivity index (χ1v) is 9.09. The van der Waals surface area contributed by atoms with Gasteiger partial charge in [0.1, 0.15) is 0 Å². The van der Waals surface area contributed by atoms with Crippen molar-refractivity contribution in [2.24, 2.45) is 0 Å². The van der Waals surface area contributed by atoms with Crippen LogP contribution in [0.4, 0.5) is 0 Å². The molecule has 4 nitrogen and oxygen atoms in total. The fourth-order valence-electron chi connectivity index (χ4n) is 2.08. The number of thiophene rings is 1. The first kappa shape index (κ1) is 17.4. The van der Waals surface area contributed by atoms with Gasteiger partial charge in [0.25, 0.3) is 0 Å². The highest BCUT2D eigenvalue weighted by atomic mass is 79.9. The van der Waals surface area contributed by atoms with Gasteiger partial charge in [-0.2, -0.15) is 0 Å². The van der Waals surface area contributed by atoms with Gasteiger partial charge in [-0.1, -0.05) is 34.1 Å². The van der Waals surface area contributed by atoms with E-state index in [1.165, 1.54) is 11.3 Å². The number of para-hydroxylation sites is 2. The zero-order valence-electron chi connectivity index (χ0n) is 13.0. The van der Waals surface area contributed by atoms with E-state index in [1.807, 2.05) is 17.5 Å². The molecule has 126 valence electrons. The third kappa shape index (κ3) is 4.78. The SMILES string of the molecule is O=C(Cc1cccs1)Oc1ccccc1OC(=O)c1ccc(Br)cc1. The molecule has 25 heavy (non-hydrogen) atoms. The molecule has 0 saturated carbocycles. The van der Waals surface area contributed by atoms with Crippen LogP contribution in [0.2, 0.25) is 0 Å². The van der Waals surface area contributed by atoms with Crippen molar-refractivity contribution in [1.82, 2.24) is 0 Å². The number of hydrogen-bond donors (Lipinski definition) is 0. The van der Waals surface area contributed by atoms with Crippen LogP contribution in [0.3, 0.4) is 0 Å². The molecule has 3 aromatic rings. The average Bonchev–Trinajstić information content (AvgIpc) is 3.10. The lowest BCUT2D eigenvalue weighted by atomic mass is 10.2. The van der Waals surface area contributed by atoms with E-state index in [4.69, 9.17) is 9.47 Å². The minimum absolute atomic E-state index is 0.173. The number of carbonyl (C=O) groups excluding carboxylic acids is 2. The second kappa shape index (κ2) is 8.09. The van der Waals surface area contributed by atoms with E-state index < -0.39 is 11.9 Å². The van der Waals surface area contributed by atoms with Gasteiger partial charge >= 0.3 is 11.9 Å². The fourth-order valence-corrected chi connectivity index (χ4v) is 3.03. The Balaban J connectivity index is 1.71. The van der Waals surface area contributed by atoms with E-state index in [-0.39, 0.29) is 17.9 Å². The molecule has 0 atom stereocenters. The second-order valence-electron chi connectivity index (χ2n) is 5.07.